The van der Waals surface area contributed by atoms with E-state index >= 15 is 0 Å². The van der Waals surface area contributed by atoms with Crippen LogP contribution >= 0.6 is 11.6 Å². The van der Waals surface area contributed by atoms with E-state index in [0.717, 1.165) is 6.07 Å². The van der Waals surface area contributed by atoms with Crippen LogP contribution in [0.5, 0.6) is 5.75 Å². The number of nitrogens with one attached hydrogen (secondary N) is 1. The summed E-state index contributed by atoms with van der Waals surface area (Å²) in [5.74, 6) is -0.181. The predicted molar refractivity (Wildman–Crippen MR) is 99.2 cm³/mol. The maximum atomic E-state index is 13.7. The van der Waals surface area contributed by atoms with Gasteiger partial charge in [0.25, 0.3) is 5.91 Å². The molecule has 154 valence electrons. The number of amides is 1. The first-order valence-electron chi connectivity index (χ1n) is 8.34. The molecule has 0 aliphatic rings. The molecular formula is C18H16ClF3N4O3. The number of benzene rings is 1. The smallest absolute Gasteiger partial charge is 0.433 e. The van der Waals surface area contributed by atoms with Crippen LogP contribution in [0, 0.1) is 0 Å². The number of aromatic nitrogens is 3. The van der Waals surface area contributed by atoms with Gasteiger partial charge in [0.15, 0.2) is 17.0 Å². The third-order valence-electron chi connectivity index (χ3n) is 4.02. The zero-order chi connectivity index (χ0) is 21.2. The lowest BCUT2D eigenvalue weighted by molar-refractivity contribution is -0.142. The molecule has 29 heavy (non-hydrogen) atoms. The molecule has 0 saturated carbocycles. The maximum Gasteiger partial charge on any atom is 0.433 e. The van der Waals surface area contributed by atoms with E-state index in [0.29, 0.717) is 15.8 Å². The molecule has 0 aliphatic heterocycles. The molecule has 0 fully saturated rings. The number of halogens is 4. The summed E-state index contributed by atoms with van der Waals surface area (Å²) in [5, 5.41) is 5.94. The lowest BCUT2D eigenvalue weighted by Crippen LogP contribution is -2.27. The molecule has 0 unspecified atom stereocenters. The number of nitrogens with zero attached hydrogens (tertiary/aromatic N) is 3. The van der Waals surface area contributed by atoms with Gasteiger partial charge in [-0.05, 0) is 30.3 Å². The monoisotopic (exact) mass is 428 g/mol. The summed E-state index contributed by atoms with van der Waals surface area (Å²) in [6, 6.07) is 7.19. The Bertz CT molecular complexity index is 1040. The fourth-order valence-electron chi connectivity index (χ4n) is 2.60. The van der Waals surface area contributed by atoms with Gasteiger partial charge in [0.1, 0.15) is 10.8 Å². The van der Waals surface area contributed by atoms with E-state index in [1.165, 1.54) is 14.2 Å². The highest BCUT2D eigenvalue weighted by Crippen LogP contribution is 2.34. The van der Waals surface area contributed by atoms with Gasteiger partial charge < -0.3 is 14.8 Å². The van der Waals surface area contributed by atoms with Crippen LogP contribution in [0.2, 0.25) is 5.02 Å². The highest BCUT2D eigenvalue weighted by atomic mass is 35.5. The van der Waals surface area contributed by atoms with Crippen molar-refractivity contribution < 1.29 is 27.4 Å². The summed E-state index contributed by atoms with van der Waals surface area (Å²) in [7, 11) is 2.93. The number of methoxy groups -OCH3 is 2. The Balaban J connectivity index is 2.13. The van der Waals surface area contributed by atoms with Crippen molar-refractivity contribution in [3.63, 3.8) is 0 Å². The van der Waals surface area contributed by atoms with Gasteiger partial charge in [-0.2, -0.15) is 18.3 Å². The van der Waals surface area contributed by atoms with Gasteiger partial charge in [0.05, 0.1) is 19.4 Å². The molecule has 7 nitrogen and oxygen atoms in total. The fourth-order valence-corrected chi connectivity index (χ4v) is 2.84. The van der Waals surface area contributed by atoms with Gasteiger partial charge in [-0.1, -0.05) is 11.6 Å². The Morgan fingerprint density at radius 3 is 2.52 bits per heavy atom. The summed E-state index contributed by atoms with van der Waals surface area (Å²) in [6.45, 7) is 0.376. The molecule has 1 N–H and O–H groups in total. The minimum atomic E-state index is -4.75. The molecule has 3 aromatic rings. The van der Waals surface area contributed by atoms with Crippen LogP contribution in [-0.4, -0.2) is 47.9 Å². The van der Waals surface area contributed by atoms with Crippen molar-refractivity contribution in [2.75, 3.05) is 27.4 Å². The Labute approximate surface area is 168 Å². The van der Waals surface area contributed by atoms with Gasteiger partial charge in [-0.15, -0.1) is 0 Å². The molecule has 2 heterocycles. The first-order chi connectivity index (χ1) is 13.8. The number of carbonyl (C=O) groups is 1. The zero-order valence-corrected chi connectivity index (χ0v) is 16.1. The first kappa shape index (κ1) is 20.9. The first-order valence-corrected chi connectivity index (χ1v) is 8.72. The second-order valence-electron chi connectivity index (χ2n) is 5.90. The molecular weight excluding hydrogens is 413 g/mol. The Morgan fingerprint density at radius 2 is 1.93 bits per heavy atom. The number of alkyl halides is 3. The van der Waals surface area contributed by atoms with Crippen molar-refractivity contribution in [2.45, 2.75) is 6.18 Å². The number of hydrogen-bond acceptors (Lipinski definition) is 5. The average molecular weight is 429 g/mol. The van der Waals surface area contributed by atoms with Crippen LogP contribution in [0.25, 0.3) is 16.9 Å². The van der Waals surface area contributed by atoms with Gasteiger partial charge in [0.2, 0.25) is 0 Å². The highest BCUT2D eigenvalue weighted by Gasteiger charge is 2.36. The lowest BCUT2D eigenvalue weighted by atomic mass is 10.1. The third kappa shape index (κ3) is 4.28. The van der Waals surface area contributed by atoms with Gasteiger partial charge in [-0.3, -0.25) is 4.79 Å². The Kier molecular flexibility index (Phi) is 5.94. The number of rotatable bonds is 6. The molecule has 2 aromatic heterocycles. The molecule has 1 aromatic carbocycles. The van der Waals surface area contributed by atoms with Crippen molar-refractivity contribution in [3.8, 4) is 17.0 Å². The SMILES string of the molecule is COCCNC(=O)c1nn2c(C(F)(F)F)cc(-c3ccc(OC)cc3)nc2c1Cl. The van der Waals surface area contributed by atoms with Crippen LogP contribution in [0.3, 0.4) is 0 Å². The van der Waals surface area contributed by atoms with Crippen molar-refractivity contribution in [2.24, 2.45) is 0 Å². The number of carbonyl (C=O) groups excluding carboxylic acids is 1. The number of hydrogen-bond donors (Lipinski definition) is 1. The zero-order valence-electron chi connectivity index (χ0n) is 15.4. The molecule has 0 saturated heterocycles. The summed E-state index contributed by atoms with van der Waals surface area (Å²) in [5.41, 5.74) is -1.29. The Hall–Kier alpha value is -2.85. The van der Waals surface area contributed by atoms with Gasteiger partial charge in [-0.25, -0.2) is 9.50 Å². The lowest BCUT2D eigenvalue weighted by Gasteiger charge is -2.11. The third-order valence-corrected chi connectivity index (χ3v) is 4.36. The molecule has 0 radical (unpaired) electrons. The van der Waals surface area contributed by atoms with Crippen LogP contribution in [0.15, 0.2) is 30.3 Å². The van der Waals surface area contributed by atoms with Crippen molar-refractivity contribution >= 4 is 23.2 Å². The molecule has 11 heteroatoms. The Morgan fingerprint density at radius 1 is 1.24 bits per heavy atom. The van der Waals surface area contributed by atoms with Crippen LogP contribution in [0.1, 0.15) is 16.2 Å². The largest absolute Gasteiger partial charge is 0.497 e. The molecule has 0 aliphatic carbocycles. The van der Waals surface area contributed by atoms with Gasteiger partial charge in [0, 0.05) is 19.2 Å². The predicted octanol–water partition coefficient (Wildman–Crippen LogP) is 3.45. The van der Waals surface area contributed by atoms with Crippen molar-refractivity contribution in [3.05, 3.63) is 46.7 Å². The van der Waals surface area contributed by atoms with E-state index in [4.69, 9.17) is 21.1 Å². The summed E-state index contributed by atoms with van der Waals surface area (Å²) in [6.07, 6.45) is -4.75. The average Bonchev–Trinajstić information content (AvgIpc) is 3.03. The van der Waals surface area contributed by atoms with E-state index < -0.39 is 17.8 Å². The standard InChI is InChI=1S/C18H16ClF3N4O3/c1-28-8-7-23-17(27)15-14(19)16-24-12(10-3-5-11(29-2)6-4-10)9-13(18(20,21)22)26(16)25-15/h3-6,9H,7-8H2,1-2H3,(H,23,27). The minimum Gasteiger partial charge on any atom is -0.497 e. The van der Waals surface area contributed by atoms with Crippen LogP contribution < -0.4 is 10.1 Å². The molecule has 0 spiro atoms. The van der Waals surface area contributed by atoms with Crippen molar-refractivity contribution in [1.82, 2.24) is 19.9 Å². The minimum absolute atomic E-state index is 0.0284. The molecule has 0 atom stereocenters. The summed E-state index contributed by atoms with van der Waals surface area (Å²) < 4.78 is 51.4. The highest BCUT2D eigenvalue weighted by molar-refractivity contribution is 6.36. The topological polar surface area (TPSA) is 77.8 Å². The summed E-state index contributed by atoms with van der Waals surface area (Å²) in [4.78, 5) is 16.4. The van der Waals surface area contributed by atoms with E-state index in [-0.39, 0.29) is 35.2 Å². The molecule has 3 rings (SSSR count). The summed E-state index contributed by atoms with van der Waals surface area (Å²) >= 11 is 6.17. The number of fused-ring (bicyclic) bond motifs is 1. The molecule has 0 bridgehead atoms. The van der Waals surface area contributed by atoms with Crippen LogP contribution in [-0.2, 0) is 10.9 Å². The quantitative estimate of drug-likeness (QED) is 0.608. The van der Waals surface area contributed by atoms with Crippen LogP contribution in [0.4, 0.5) is 13.2 Å². The second-order valence-corrected chi connectivity index (χ2v) is 6.28. The normalized spacial score (nSPS) is 11.7. The molecule has 1 amide bonds. The van der Waals surface area contributed by atoms with Gasteiger partial charge >= 0.3 is 6.18 Å². The maximum absolute atomic E-state index is 13.7. The van der Waals surface area contributed by atoms with E-state index in [1.54, 1.807) is 24.3 Å². The fraction of sp³-hybridized carbons (Fsp3) is 0.278. The second kappa shape index (κ2) is 8.26. The van der Waals surface area contributed by atoms with E-state index in [1.807, 2.05) is 0 Å². The van der Waals surface area contributed by atoms with E-state index in [2.05, 4.69) is 15.4 Å². The van der Waals surface area contributed by atoms with Crippen molar-refractivity contribution in [1.29, 1.82) is 0 Å². The number of ether oxygens (including phenoxy) is 2. The van der Waals surface area contributed by atoms with E-state index in [9.17, 15) is 18.0 Å².